The Morgan fingerprint density at radius 1 is 1.10 bits per heavy atom. The third-order valence-electron chi connectivity index (χ3n) is 4.80. The second-order valence-electron chi connectivity index (χ2n) is 7.22. The van der Waals surface area contributed by atoms with Crippen LogP contribution in [0.1, 0.15) is 51.0 Å². The standard InChI is InChI=1S/C24H31NO4/c1-2-29-24(28)12-8-3-4-9-17-25-19-23(27)16-14-21(25)13-15-22(26)18-20-10-6-5-7-11-20/h5-7,10-11,13-15H,2-4,8-9,12,16-19H2,1H3. The average molecular weight is 398 g/mol. The zero-order chi connectivity index (χ0) is 20.9. The van der Waals surface area contributed by atoms with Crippen molar-refractivity contribution in [3.63, 3.8) is 0 Å². The second kappa shape index (κ2) is 12.7. The summed E-state index contributed by atoms with van der Waals surface area (Å²) in [6, 6.07) is 9.67. The number of Topliss-reactive ketones (excluding diaryl/α,β-unsaturated/α-hetero) is 1. The van der Waals surface area contributed by atoms with Gasteiger partial charge in [0, 0.05) is 31.5 Å². The number of esters is 1. The van der Waals surface area contributed by atoms with Crippen LogP contribution in [0.25, 0.3) is 0 Å². The van der Waals surface area contributed by atoms with Crippen LogP contribution >= 0.6 is 0 Å². The van der Waals surface area contributed by atoms with Gasteiger partial charge in [0.25, 0.3) is 0 Å². The molecule has 0 N–H and O–H groups in total. The molecule has 0 radical (unpaired) electrons. The summed E-state index contributed by atoms with van der Waals surface area (Å²) < 4.78 is 4.93. The van der Waals surface area contributed by atoms with Gasteiger partial charge in [0.2, 0.25) is 0 Å². The third kappa shape index (κ3) is 8.90. The molecule has 5 heteroatoms. The number of ether oxygens (including phenoxy) is 1. The largest absolute Gasteiger partial charge is 0.466 e. The summed E-state index contributed by atoms with van der Waals surface area (Å²) in [4.78, 5) is 37.4. The van der Waals surface area contributed by atoms with Crippen LogP contribution < -0.4 is 0 Å². The summed E-state index contributed by atoms with van der Waals surface area (Å²) in [6.45, 7) is 3.41. The van der Waals surface area contributed by atoms with E-state index in [1.165, 1.54) is 0 Å². The van der Waals surface area contributed by atoms with Gasteiger partial charge in [-0.1, -0.05) is 49.2 Å². The van der Waals surface area contributed by atoms with E-state index >= 15 is 0 Å². The summed E-state index contributed by atoms with van der Waals surface area (Å²) in [7, 11) is 0. The number of unbranched alkanes of at least 4 members (excludes halogenated alkanes) is 3. The van der Waals surface area contributed by atoms with Crippen molar-refractivity contribution in [2.45, 2.75) is 51.9 Å². The van der Waals surface area contributed by atoms with Gasteiger partial charge in [-0.15, -0.1) is 0 Å². The number of hydrogen-bond acceptors (Lipinski definition) is 5. The molecule has 0 bridgehead atoms. The Balaban J connectivity index is 1.76. The Bertz CT molecular complexity index is 737. The van der Waals surface area contributed by atoms with Gasteiger partial charge in [0.05, 0.1) is 13.2 Å². The van der Waals surface area contributed by atoms with Crippen LogP contribution in [-0.2, 0) is 25.5 Å². The van der Waals surface area contributed by atoms with Gasteiger partial charge in [-0.05, 0) is 37.5 Å². The van der Waals surface area contributed by atoms with E-state index in [1.807, 2.05) is 54.3 Å². The van der Waals surface area contributed by atoms with Crippen LogP contribution in [0.3, 0.4) is 0 Å². The van der Waals surface area contributed by atoms with E-state index in [9.17, 15) is 14.4 Å². The van der Waals surface area contributed by atoms with E-state index in [0.717, 1.165) is 43.5 Å². The summed E-state index contributed by atoms with van der Waals surface area (Å²) in [6.07, 6.45) is 10.3. The number of rotatable bonds is 12. The van der Waals surface area contributed by atoms with Gasteiger partial charge >= 0.3 is 5.97 Å². The molecule has 1 aliphatic rings. The van der Waals surface area contributed by atoms with Gasteiger partial charge in [0.15, 0.2) is 11.6 Å². The van der Waals surface area contributed by atoms with E-state index in [-0.39, 0.29) is 17.5 Å². The van der Waals surface area contributed by atoms with Crippen molar-refractivity contribution in [3.05, 3.63) is 59.8 Å². The highest BCUT2D eigenvalue weighted by molar-refractivity contribution is 5.92. The number of allylic oxidation sites excluding steroid dienone is 3. The Morgan fingerprint density at radius 3 is 2.62 bits per heavy atom. The number of ketones is 2. The van der Waals surface area contributed by atoms with Gasteiger partial charge in [-0.2, -0.15) is 0 Å². The lowest BCUT2D eigenvalue weighted by molar-refractivity contribution is -0.143. The minimum absolute atomic E-state index is 0.0490. The third-order valence-corrected chi connectivity index (χ3v) is 4.80. The van der Waals surface area contributed by atoms with E-state index < -0.39 is 0 Å². The maximum atomic E-state index is 12.2. The van der Waals surface area contributed by atoms with Crippen LogP contribution in [0.4, 0.5) is 0 Å². The molecule has 0 saturated heterocycles. The maximum Gasteiger partial charge on any atom is 0.305 e. The van der Waals surface area contributed by atoms with Crippen molar-refractivity contribution in [1.29, 1.82) is 0 Å². The molecule has 0 saturated carbocycles. The molecule has 0 fully saturated rings. The fraction of sp³-hybridized carbons (Fsp3) is 0.458. The molecule has 0 atom stereocenters. The maximum absolute atomic E-state index is 12.2. The van der Waals surface area contributed by atoms with Crippen molar-refractivity contribution < 1.29 is 19.1 Å². The first kappa shape index (κ1) is 22.6. The lowest BCUT2D eigenvalue weighted by Crippen LogP contribution is -2.32. The number of carbonyl (C=O) groups excluding carboxylic acids is 3. The molecule has 0 spiro atoms. The second-order valence-corrected chi connectivity index (χ2v) is 7.22. The number of hydrogen-bond donors (Lipinski definition) is 0. The van der Waals surface area contributed by atoms with Crippen LogP contribution in [-0.4, -0.2) is 42.1 Å². The fourth-order valence-corrected chi connectivity index (χ4v) is 3.29. The molecule has 0 unspecified atom stereocenters. The van der Waals surface area contributed by atoms with Crippen molar-refractivity contribution in [3.8, 4) is 0 Å². The predicted octanol–water partition coefficient (Wildman–Crippen LogP) is 4.03. The van der Waals surface area contributed by atoms with Crippen LogP contribution in [0.2, 0.25) is 0 Å². The first-order valence-corrected chi connectivity index (χ1v) is 10.5. The first-order valence-electron chi connectivity index (χ1n) is 10.5. The van der Waals surface area contributed by atoms with Gasteiger partial charge in [0.1, 0.15) is 0 Å². The molecule has 0 aromatic heterocycles. The van der Waals surface area contributed by atoms with Gasteiger partial charge < -0.3 is 9.64 Å². The molecule has 156 valence electrons. The van der Waals surface area contributed by atoms with Gasteiger partial charge in [-0.25, -0.2) is 0 Å². The molecule has 1 aromatic carbocycles. The van der Waals surface area contributed by atoms with Gasteiger partial charge in [-0.3, -0.25) is 14.4 Å². The molecular formula is C24H31NO4. The Hall–Kier alpha value is -2.69. The lowest BCUT2D eigenvalue weighted by Gasteiger charge is -2.28. The van der Waals surface area contributed by atoms with Crippen molar-refractivity contribution >= 4 is 17.5 Å². The molecule has 1 aliphatic heterocycles. The molecule has 0 amide bonds. The topological polar surface area (TPSA) is 63.7 Å². The summed E-state index contributed by atoms with van der Waals surface area (Å²) in [5.41, 5.74) is 1.94. The first-order chi connectivity index (χ1) is 14.1. The molecular weight excluding hydrogens is 366 g/mol. The predicted molar refractivity (Wildman–Crippen MR) is 113 cm³/mol. The normalized spacial score (nSPS) is 14.2. The Labute approximate surface area is 173 Å². The monoisotopic (exact) mass is 397 g/mol. The van der Waals surface area contributed by atoms with E-state index in [1.54, 1.807) is 6.08 Å². The minimum Gasteiger partial charge on any atom is -0.466 e. The minimum atomic E-state index is -0.135. The van der Waals surface area contributed by atoms with Crippen LogP contribution in [0, 0.1) is 0 Å². The van der Waals surface area contributed by atoms with E-state index in [4.69, 9.17) is 4.74 Å². The number of carbonyl (C=O) groups is 3. The molecule has 29 heavy (non-hydrogen) atoms. The highest BCUT2D eigenvalue weighted by atomic mass is 16.5. The molecule has 5 nitrogen and oxygen atoms in total. The zero-order valence-electron chi connectivity index (χ0n) is 17.3. The van der Waals surface area contributed by atoms with Crippen LogP contribution in [0.15, 0.2) is 54.3 Å². The molecule has 1 aromatic rings. The number of benzene rings is 1. The molecule has 0 aliphatic carbocycles. The average Bonchev–Trinajstić information content (AvgIpc) is 2.71. The number of nitrogens with zero attached hydrogens (tertiary/aromatic N) is 1. The van der Waals surface area contributed by atoms with E-state index in [0.29, 0.717) is 32.4 Å². The zero-order valence-corrected chi connectivity index (χ0v) is 17.3. The highest BCUT2D eigenvalue weighted by Gasteiger charge is 2.17. The Morgan fingerprint density at radius 2 is 1.86 bits per heavy atom. The highest BCUT2D eigenvalue weighted by Crippen LogP contribution is 2.16. The van der Waals surface area contributed by atoms with Crippen LogP contribution in [0.5, 0.6) is 0 Å². The quantitative estimate of drug-likeness (QED) is 0.303. The van der Waals surface area contributed by atoms with Crippen molar-refractivity contribution in [1.82, 2.24) is 4.90 Å². The summed E-state index contributed by atoms with van der Waals surface area (Å²) in [5.74, 6) is 0.109. The SMILES string of the molecule is CCOC(=O)CCCCCCN1CC(=O)CC=C1C=CC(=O)Cc1ccccc1. The van der Waals surface area contributed by atoms with Crippen molar-refractivity contribution in [2.24, 2.45) is 0 Å². The molecule has 1 heterocycles. The summed E-state index contributed by atoms with van der Waals surface area (Å²) >= 11 is 0. The summed E-state index contributed by atoms with van der Waals surface area (Å²) in [5, 5.41) is 0. The molecule has 2 rings (SSSR count). The smallest absolute Gasteiger partial charge is 0.305 e. The van der Waals surface area contributed by atoms with Crippen molar-refractivity contribution in [2.75, 3.05) is 19.7 Å². The fourth-order valence-electron chi connectivity index (χ4n) is 3.29. The lowest BCUT2D eigenvalue weighted by atomic mass is 10.1. The Kier molecular flexibility index (Phi) is 9.90. The van der Waals surface area contributed by atoms with E-state index in [2.05, 4.69) is 0 Å².